The van der Waals surface area contributed by atoms with Gasteiger partial charge >= 0.3 is 29.6 Å². The molecule has 0 aliphatic heterocycles. The van der Waals surface area contributed by atoms with E-state index < -0.39 is 31.3 Å². The van der Waals surface area contributed by atoms with E-state index in [0.717, 1.165) is 0 Å². The molecule has 0 amide bonds. The average Bonchev–Trinajstić information content (AvgIpc) is 1.77. The predicted octanol–water partition coefficient (Wildman–Crippen LogP) is -4.63. The predicted molar refractivity (Wildman–Crippen MR) is 56.5 cm³/mol. The van der Waals surface area contributed by atoms with Crippen molar-refractivity contribution in [2.45, 2.75) is 11.0 Å². The molecule has 0 aliphatic rings. The van der Waals surface area contributed by atoms with Gasteiger partial charge in [0.1, 0.15) is 0 Å². The van der Waals surface area contributed by atoms with Crippen LogP contribution in [0.5, 0.6) is 0 Å². The fourth-order valence-electron chi connectivity index (χ4n) is 0. The first kappa shape index (κ1) is 56.9. The molecule has 0 aromatic rings. The van der Waals surface area contributed by atoms with Gasteiger partial charge in [0, 0.05) is 0 Å². The molecule has 0 rings (SSSR count). The first-order valence-electron chi connectivity index (χ1n) is 2.54. The second-order valence-electron chi connectivity index (χ2n) is 1.80. The Kier molecular flexibility index (Phi) is 41.1. The van der Waals surface area contributed by atoms with Crippen LogP contribution in [0.2, 0.25) is 0 Å². The van der Waals surface area contributed by atoms with Gasteiger partial charge in [-0.05, 0) is 0 Å². The maximum atomic E-state index is 10.7. The first-order valence-corrected chi connectivity index (χ1v) is 5.36. The van der Waals surface area contributed by atoms with Crippen LogP contribution in [0.25, 0.3) is 0 Å². The van der Waals surface area contributed by atoms with Crippen LogP contribution in [0.15, 0.2) is 0 Å². The van der Waals surface area contributed by atoms with Crippen molar-refractivity contribution in [3.05, 3.63) is 0 Å². The molecule has 0 aromatic carbocycles. The quantitative estimate of drug-likeness (QED) is 0.148. The Balaban J connectivity index is -0.0000000187. The normalized spacial score (nSPS) is 9.74. The molecular formula is C2H15F6O12S2V+5. The molecule has 1 radical (unpaired) electrons. The Labute approximate surface area is 135 Å². The Morgan fingerprint density at radius 3 is 0.609 bits per heavy atom. The minimum Gasteiger partial charge on any atom is -2.00 e. The second kappa shape index (κ2) is 16.6. The number of hydrogen-bond acceptors (Lipinski definition) is 6. The standard InChI is InChI=1S/2CHF3O3S.5H2O.O.V/c2*2-1(3,4)8(5,6)7;;;;;;;/h2*(H,5,6,7);5*1H2;;/q;;;;;;;-2;+4/p+3. The number of alkyl halides is 6. The molecule has 0 atom stereocenters. The summed E-state index contributed by atoms with van der Waals surface area (Å²) in [5, 5.41) is 0. The molecule has 0 fully saturated rings. The topological polar surface area (TPSA) is 308 Å². The summed E-state index contributed by atoms with van der Waals surface area (Å²) < 4.78 is 118. The van der Waals surface area contributed by atoms with Crippen molar-refractivity contribution < 1.29 is 104 Å². The zero-order chi connectivity index (χ0) is 14.0. The van der Waals surface area contributed by atoms with E-state index in [2.05, 4.69) is 0 Å². The van der Waals surface area contributed by atoms with Crippen LogP contribution >= 0.6 is 0 Å². The molecule has 0 bridgehead atoms. The Bertz CT molecular complexity index is 381. The summed E-state index contributed by atoms with van der Waals surface area (Å²) in [6.07, 6.45) is 0. The van der Waals surface area contributed by atoms with Crippen molar-refractivity contribution in [3.63, 3.8) is 0 Å². The molecule has 0 unspecified atom stereocenters. The van der Waals surface area contributed by atoms with E-state index in [9.17, 15) is 26.3 Å². The summed E-state index contributed by atoms with van der Waals surface area (Å²) in [6.45, 7) is 0. The largest absolute Gasteiger partial charge is 4.00 e. The van der Waals surface area contributed by atoms with Crippen molar-refractivity contribution >= 4 is 20.2 Å². The molecule has 0 aromatic heterocycles. The van der Waals surface area contributed by atoms with Crippen molar-refractivity contribution in [3.8, 4) is 0 Å². The van der Waals surface area contributed by atoms with Gasteiger partial charge in [0.05, 0.1) is 0 Å². The van der Waals surface area contributed by atoms with Crippen LogP contribution in [0.4, 0.5) is 26.3 Å². The van der Waals surface area contributed by atoms with Crippen molar-refractivity contribution in [2.24, 2.45) is 0 Å². The molecule has 0 aliphatic carbocycles. The second-order valence-corrected chi connectivity index (χ2v) is 4.54. The van der Waals surface area contributed by atoms with Crippen LogP contribution in [0, 0.1) is 0 Å². The fourth-order valence-corrected chi connectivity index (χ4v) is 0. The monoisotopic (exact) mass is 460 g/mol. The average molecular weight is 460 g/mol. The molecule has 21 heteroatoms. The minimum atomic E-state index is -6.09. The van der Waals surface area contributed by atoms with Gasteiger partial charge < -0.3 is 42.0 Å². The van der Waals surface area contributed by atoms with E-state index >= 15 is 0 Å². The van der Waals surface area contributed by atoms with Gasteiger partial charge in [-0.15, -0.1) is 0 Å². The molecule has 0 saturated carbocycles. The molecule has 15 N–H and O–H groups in total. The Morgan fingerprint density at radius 2 is 0.609 bits per heavy atom. The van der Waals surface area contributed by atoms with Gasteiger partial charge in [-0.25, -0.2) is 16.8 Å². The molecule has 149 valence electrons. The van der Waals surface area contributed by atoms with E-state index in [1.807, 2.05) is 0 Å². The SMILES string of the molecule is O=S(=O)([O-])C(F)(F)F.O=S(=O)([O-])C(F)(F)F.[O-2].[OH3+].[OH3+].[OH3+].[OH3+].[OH3+].[V+4]. The maximum Gasteiger partial charge on any atom is 4.00 e. The summed E-state index contributed by atoms with van der Waals surface area (Å²) in [6, 6.07) is 0. The smallest absolute Gasteiger partial charge is 2.00 e. The van der Waals surface area contributed by atoms with Gasteiger partial charge in [-0.3, -0.25) is 0 Å². The van der Waals surface area contributed by atoms with E-state index in [4.69, 9.17) is 25.9 Å². The molecule has 12 nitrogen and oxygen atoms in total. The maximum absolute atomic E-state index is 10.7. The van der Waals surface area contributed by atoms with Crippen LogP contribution in [-0.4, -0.2) is 37.0 Å². The third kappa shape index (κ3) is 26.9. The summed E-state index contributed by atoms with van der Waals surface area (Å²) >= 11 is 0. The molecule has 23 heavy (non-hydrogen) atoms. The van der Waals surface area contributed by atoms with Crippen molar-refractivity contribution in [1.29, 1.82) is 0 Å². The first-order chi connectivity index (χ1) is 6.50. The summed E-state index contributed by atoms with van der Waals surface area (Å²) in [5.41, 5.74) is -11.3. The fraction of sp³-hybridized carbons (Fsp3) is 1.00. The van der Waals surface area contributed by atoms with Crippen LogP contribution in [0.1, 0.15) is 0 Å². The van der Waals surface area contributed by atoms with Gasteiger partial charge in [0.15, 0.2) is 20.2 Å². The van der Waals surface area contributed by atoms with Gasteiger partial charge in [-0.2, -0.15) is 26.3 Å². The zero-order valence-corrected chi connectivity index (χ0v) is 13.3. The minimum absolute atomic E-state index is 0. The third-order valence-electron chi connectivity index (χ3n) is 0.567. The Morgan fingerprint density at radius 1 is 0.565 bits per heavy atom. The molecule has 0 saturated heterocycles. The van der Waals surface area contributed by atoms with Gasteiger partial charge in [0.2, 0.25) is 0 Å². The van der Waals surface area contributed by atoms with Gasteiger partial charge in [-0.1, -0.05) is 0 Å². The molecule has 0 heterocycles. The number of hydrogen-bond donors (Lipinski definition) is 0. The van der Waals surface area contributed by atoms with Crippen LogP contribution in [0.3, 0.4) is 0 Å². The summed E-state index contributed by atoms with van der Waals surface area (Å²) in [4.78, 5) is 0. The van der Waals surface area contributed by atoms with E-state index in [1.165, 1.54) is 0 Å². The Hall–Kier alpha value is -0.256. The van der Waals surface area contributed by atoms with Crippen LogP contribution < -0.4 is 0 Å². The van der Waals surface area contributed by atoms with Gasteiger partial charge in [0.25, 0.3) is 0 Å². The van der Waals surface area contributed by atoms with E-state index in [0.29, 0.717) is 0 Å². The van der Waals surface area contributed by atoms with E-state index in [-0.39, 0.29) is 51.4 Å². The van der Waals surface area contributed by atoms with Crippen LogP contribution in [-0.2, 0) is 71.6 Å². The number of halogens is 6. The summed E-state index contributed by atoms with van der Waals surface area (Å²) in [7, 11) is -12.2. The molecular weight excluding hydrogens is 445 g/mol. The van der Waals surface area contributed by atoms with E-state index in [1.54, 1.807) is 0 Å². The zero-order valence-electron chi connectivity index (χ0n) is 10.3. The van der Waals surface area contributed by atoms with Crippen molar-refractivity contribution in [2.75, 3.05) is 0 Å². The van der Waals surface area contributed by atoms with Crippen molar-refractivity contribution in [1.82, 2.24) is 0 Å². The summed E-state index contributed by atoms with van der Waals surface area (Å²) in [5.74, 6) is 0. The third-order valence-corrected chi connectivity index (χ3v) is 1.70. The number of rotatable bonds is 0. The molecule has 0 spiro atoms.